The minimum Gasteiger partial charge on any atom is -0.216 e. The van der Waals surface area contributed by atoms with Gasteiger partial charge in [0.15, 0.2) is 0 Å². The van der Waals surface area contributed by atoms with Crippen molar-refractivity contribution in [1.29, 1.82) is 0 Å². The van der Waals surface area contributed by atoms with Gasteiger partial charge in [0.2, 0.25) is 0 Å². The number of hydrogen-bond acceptors (Lipinski definition) is 3. The van der Waals surface area contributed by atoms with Gasteiger partial charge in [-0.15, -0.1) is 0 Å². The summed E-state index contributed by atoms with van der Waals surface area (Å²) >= 11 is 0. The molecule has 0 bridgehead atoms. The molecule has 4 nitrogen and oxygen atoms in total. The highest BCUT2D eigenvalue weighted by atomic mass is 15.3. The lowest BCUT2D eigenvalue weighted by atomic mass is 9.97. The van der Waals surface area contributed by atoms with Crippen LogP contribution in [0.4, 0.5) is 0 Å². The number of hydrogen-bond donors (Lipinski definition) is 0. The molecule has 0 radical (unpaired) electrons. The number of aromatic nitrogens is 4. The molecule has 0 aliphatic heterocycles. The number of rotatable bonds is 3. The van der Waals surface area contributed by atoms with E-state index in [4.69, 9.17) is 0 Å². The van der Waals surface area contributed by atoms with Crippen LogP contribution in [0, 0.1) is 12.8 Å². The summed E-state index contributed by atoms with van der Waals surface area (Å²) in [4.78, 5) is 8.79. The van der Waals surface area contributed by atoms with Crippen molar-refractivity contribution in [1.82, 2.24) is 19.6 Å². The van der Waals surface area contributed by atoms with Crippen molar-refractivity contribution in [3.63, 3.8) is 0 Å². The Bertz CT molecular complexity index is 729. The summed E-state index contributed by atoms with van der Waals surface area (Å²) < 4.78 is 1.87. The Kier molecular flexibility index (Phi) is 3.22. The normalized spacial score (nSPS) is 11.4. The average Bonchev–Trinajstić information content (AvgIpc) is 2.87. The molecule has 20 heavy (non-hydrogen) atoms. The monoisotopic (exact) mass is 266 g/mol. The van der Waals surface area contributed by atoms with Crippen LogP contribution in [0.1, 0.15) is 25.2 Å². The van der Waals surface area contributed by atoms with Crippen LogP contribution in [0.25, 0.3) is 16.9 Å². The molecule has 0 aliphatic rings. The molecule has 0 saturated carbocycles. The topological polar surface area (TPSA) is 43.1 Å². The molecule has 0 amide bonds. The summed E-state index contributed by atoms with van der Waals surface area (Å²) in [7, 11) is 0. The van der Waals surface area contributed by atoms with Gasteiger partial charge >= 0.3 is 0 Å². The number of aryl methyl sites for hydroxylation is 1. The second-order valence-electron chi connectivity index (χ2n) is 5.45. The quantitative estimate of drug-likeness (QED) is 0.730. The molecule has 3 aromatic rings. The van der Waals surface area contributed by atoms with E-state index in [1.165, 1.54) is 16.8 Å². The maximum Gasteiger partial charge on any atom is 0.252 e. The predicted molar refractivity (Wildman–Crippen MR) is 79.5 cm³/mol. The van der Waals surface area contributed by atoms with Crippen molar-refractivity contribution in [2.24, 2.45) is 5.92 Å². The summed E-state index contributed by atoms with van der Waals surface area (Å²) in [6.45, 7) is 6.47. The Morgan fingerprint density at radius 1 is 1.15 bits per heavy atom. The third-order valence-electron chi connectivity index (χ3n) is 3.37. The van der Waals surface area contributed by atoms with E-state index in [1.807, 2.05) is 17.5 Å². The highest BCUT2D eigenvalue weighted by molar-refractivity contribution is 5.69. The zero-order valence-electron chi connectivity index (χ0n) is 12.0. The maximum atomic E-state index is 4.57. The van der Waals surface area contributed by atoms with Crippen LogP contribution in [0.3, 0.4) is 0 Å². The van der Waals surface area contributed by atoms with Crippen LogP contribution in [0.15, 0.2) is 36.7 Å². The summed E-state index contributed by atoms with van der Waals surface area (Å²) in [5, 5.41) is 4.34. The SMILES string of the molecule is Cc1nc2ncnn2c(CC(C)C)c1-c1ccccc1. The van der Waals surface area contributed by atoms with Crippen molar-refractivity contribution in [3.8, 4) is 11.1 Å². The average molecular weight is 266 g/mol. The van der Waals surface area contributed by atoms with Crippen molar-refractivity contribution in [3.05, 3.63) is 48.0 Å². The number of nitrogens with zero attached hydrogens (tertiary/aromatic N) is 4. The number of benzene rings is 1. The molecule has 0 fully saturated rings. The fourth-order valence-corrected chi connectivity index (χ4v) is 2.58. The predicted octanol–water partition coefficient (Wildman–Crippen LogP) is 3.30. The smallest absolute Gasteiger partial charge is 0.216 e. The van der Waals surface area contributed by atoms with Gasteiger partial charge in [0, 0.05) is 5.56 Å². The van der Waals surface area contributed by atoms with E-state index in [2.05, 4.69) is 53.2 Å². The van der Waals surface area contributed by atoms with Gasteiger partial charge < -0.3 is 0 Å². The molecule has 3 rings (SSSR count). The molecule has 0 N–H and O–H groups in total. The van der Waals surface area contributed by atoms with Crippen molar-refractivity contribution in [2.45, 2.75) is 27.2 Å². The number of fused-ring (bicyclic) bond motifs is 1. The third kappa shape index (κ3) is 2.18. The lowest BCUT2D eigenvalue weighted by Crippen LogP contribution is -2.09. The molecule has 4 heteroatoms. The van der Waals surface area contributed by atoms with Crippen molar-refractivity contribution in [2.75, 3.05) is 0 Å². The summed E-state index contributed by atoms with van der Waals surface area (Å²) in [5.41, 5.74) is 4.56. The summed E-state index contributed by atoms with van der Waals surface area (Å²) in [6.07, 6.45) is 2.52. The van der Waals surface area contributed by atoms with E-state index in [9.17, 15) is 0 Å². The molecule has 1 aromatic carbocycles. The summed E-state index contributed by atoms with van der Waals surface area (Å²) in [6, 6.07) is 10.4. The van der Waals surface area contributed by atoms with Crippen molar-refractivity contribution < 1.29 is 0 Å². The molecular formula is C16H18N4. The lowest BCUT2D eigenvalue weighted by Gasteiger charge is -2.15. The van der Waals surface area contributed by atoms with E-state index in [0.29, 0.717) is 11.7 Å². The van der Waals surface area contributed by atoms with E-state index in [1.54, 1.807) is 6.33 Å². The van der Waals surface area contributed by atoms with Crippen LogP contribution >= 0.6 is 0 Å². The van der Waals surface area contributed by atoms with Gasteiger partial charge in [0.05, 0.1) is 11.4 Å². The highest BCUT2D eigenvalue weighted by Crippen LogP contribution is 2.28. The van der Waals surface area contributed by atoms with E-state index < -0.39 is 0 Å². The van der Waals surface area contributed by atoms with Gasteiger partial charge in [-0.05, 0) is 24.8 Å². The molecule has 2 heterocycles. The molecule has 0 unspecified atom stereocenters. The zero-order chi connectivity index (χ0) is 14.1. The van der Waals surface area contributed by atoms with Crippen molar-refractivity contribution >= 4 is 5.78 Å². The molecule has 0 atom stereocenters. The first kappa shape index (κ1) is 12.8. The van der Waals surface area contributed by atoms with Gasteiger partial charge in [-0.25, -0.2) is 9.50 Å². The Balaban J connectivity index is 2.31. The lowest BCUT2D eigenvalue weighted by molar-refractivity contribution is 0.619. The Labute approximate surface area is 118 Å². The fraction of sp³-hybridized carbons (Fsp3) is 0.312. The minimum atomic E-state index is 0.548. The van der Waals surface area contributed by atoms with Crippen LogP contribution in [-0.4, -0.2) is 19.6 Å². The molecular weight excluding hydrogens is 248 g/mol. The first-order chi connectivity index (χ1) is 9.66. The van der Waals surface area contributed by atoms with Gasteiger partial charge in [-0.2, -0.15) is 10.1 Å². The fourth-order valence-electron chi connectivity index (χ4n) is 2.58. The first-order valence-corrected chi connectivity index (χ1v) is 6.91. The van der Waals surface area contributed by atoms with E-state index >= 15 is 0 Å². The zero-order valence-corrected chi connectivity index (χ0v) is 12.0. The van der Waals surface area contributed by atoms with Gasteiger partial charge in [0.1, 0.15) is 6.33 Å². The highest BCUT2D eigenvalue weighted by Gasteiger charge is 2.16. The molecule has 0 spiro atoms. The Morgan fingerprint density at radius 3 is 2.60 bits per heavy atom. The van der Waals surface area contributed by atoms with Crippen LogP contribution < -0.4 is 0 Å². The van der Waals surface area contributed by atoms with E-state index in [-0.39, 0.29) is 0 Å². The van der Waals surface area contributed by atoms with Gasteiger partial charge in [0.25, 0.3) is 5.78 Å². The standard InChI is InChI=1S/C16H18N4/c1-11(2)9-14-15(13-7-5-4-6-8-13)12(3)19-16-17-10-18-20(14)16/h4-8,10-11H,9H2,1-3H3. The maximum absolute atomic E-state index is 4.57. The Hall–Kier alpha value is -2.23. The molecule has 0 aliphatic carbocycles. The second kappa shape index (κ2) is 5.04. The van der Waals surface area contributed by atoms with Crippen LogP contribution in [0.5, 0.6) is 0 Å². The van der Waals surface area contributed by atoms with Gasteiger partial charge in [-0.3, -0.25) is 0 Å². The molecule has 2 aromatic heterocycles. The molecule has 0 saturated heterocycles. The largest absolute Gasteiger partial charge is 0.252 e. The third-order valence-corrected chi connectivity index (χ3v) is 3.37. The Morgan fingerprint density at radius 2 is 1.90 bits per heavy atom. The minimum absolute atomic E-state index is 0.548. The van der Waals surface area contributed by atoms with E-state index in [0.717, 1.165) is 12.1 Å². The second-order valence-corrected chi connectivity index (χ2v) is 5.45. The van der Waals surface area contributed by atoms with Crippen LogP contribution in [0.2, 0.25) is 0 Å². The molecule has 102 valence electrons. The summed E-state index contributed by atoms with van der Waals surface area (Å²) in [5.74, 6) is 1.23. The van der Waals surface area contributed by atoms with Gasteiger partial charge in [-0.1, -0.05) is 44.2 Å². The first-order valence-electron chi connectivity index (χ1n) is 6.91. The van der Waals surface area contributed by atoms with Crippen LogP contribution in [-0.2, 0) is 6.42 Å².